The van der Waals surface area contributed by atoms with Gasteiger partial charge >= 0.3 is 5.97 Å². The highest BCUT2D eigenvalue weighted by Gasteiger charge is 2.11. The van der Waals surface area contributed by atoms with Crippen molar-refractivity contribution in [3.8, 4) is 5.75 Å². The first-order valence-electron chi connectivity index (χ1n) is 4.85. The van der Waals surface area contributed by atoms with Crippen molar-refractivity contribution in [2.24, 2.45) is 5.41 Å². The first-order chi connectivity index (χ1) is 6.88. The van der Waals surface area contributed by atoms with Gasteiger partial charge in [0, 0.05) is 0 Å². The monoisotopic (exact) mass is 208 g/mol. The molecule has 1 aromatic carbocycles. The van der Waals surface area contributed by atoms with Crippen molar-refractivity contribution in [1.29, 1.82) is 0 Å². The lowest BCUT2D eigenvalue weighted by Gasteiger charge is -2.18. The number of benzene rings is 1. The van der Waals surface area contributed by atoms with Crippen molar-refractivity contribution in [2.75, 3.05) is 6.61 Å². The van der Waals surface area contributed by atoms with Gasteiger partial charge in [0.1, 0.15) is 5.75 Å². The van der Waals surface area contributed by atoms with Gasteiger partial charge in [-0.25, -0.2) is 4.79 Å². The summed E-state index contributed by atoms with van der Waals surface area (Å²) in [5, 5.41) is 8.69. The summed E-state index contributed by atoms with van der Waals surface area (Å²) in [5.74, 6) is -0.215. The van der Waals surface area contributed by atoms with Gasteiger partial charge in [0.05, 0.1) is 12.2 Å². The Balaban J connectivity index is 2.61. The Morgan fingerprint density at radius 1 is 1.27 bits per heavy atom. The smallest absolute Gasteiger partial charge is 0.335 e. The Bertz CT molecular complexity index is 333. The molecule has 1 N–H and O–H groups in total. The zero-order valence-corrected chi connectivity index (χ0v) is 9.28. The molecule has 0 amide bonds. The lowest BCUT2D eigenvalue weighted by Crippen LogP contribution is -2.16. The van der Waals surface area contributed by atoms with E-state index >= 15 is 0 Å². The van der Waals surface area contributed by atoms with Gasteiger partial charge < -0.3 is 9.84 Å². The SMILES string of the molecule is CC(C)(C)COc1ccc(C(=O)O)cc1. The average molecular weight is 208 g/mol. The molecule has 0 aliphatic carbocycles. The largest absolute Gasteiger partial charge is 0.493 e. The van der Waals surface area contributed by atoms with Crippen LogP contribution in [0.25, 0.3) is 0 Å². The van der Waals surface area contributed by atoms with Crippen LogP contribution in [0.4, 0.5) is 0 Å². The second-order valence-corrected chi connectivity index (χ2v) is 4.68. The van der Waals surface area contributed by atoms with Gasteiger partial charge in [-0.3, -0.25) is 0 Å². The molecule has 3 nitrogen and oxygen atoms in total. The van der Waals surface area contributed by atoms with Crippen molar-refractivity contribution < 1.29 is 14.6 Å². The van der Waals surface area contributed by atoms with Crippen LogP contribution in [0.5, 0.6) is 5.75 Å². The van der Waals surface area contributed by atoms with Crippen LogP contribution in [0.3, 0.4) is 0 Å². The van der Waals surface area contributed by atoms with Crippen molar-refractivity contribution in [1.82, 2.24) is 0 Å². The van der Waals surface area contributed by atoms with Crippen molar-refractivity contribution in [3.63, 3.8) is 0 Å². The van der Waals surface area contributed by atoms with Gasteiger partial charge in [-0.05, 0) is 29.7 Å². The second-order valence-electron chi connectivity index (χ2n) is 4.68. The van der Waals surface area contributed by atoms with Crippen molar-refractivity contribution in [2.45, 2.75) is 20.8 Å². The van der Waals surface area contributed by atoms with Gasteiger partial charge in [-0.1, -0.05) is 20.8 Å². The van der Waals surface area contributed by atoms with Crippen molar-refractivity contribution in [3.05, 3.63) is 29.8 Å². The molecule has 0 bridgehead atoms. The number of carboxylic acid groups (broad SMARTS) is 1. The van der Waals surface area contributed by atoms with Gasteiger partial charge in [0.2, 0.25) is 0 Å². The highest BCUT2D eigenvalue weighted by Crippen LogP contribution is 2.18. The Hall–Kier alpha value is -1.51. The molecule has 15 heavy (non-hydrogen) atoms. The number of carboxylic acids is 1. The maximum atomic E-state index is 10.6. The van der Waals surface area contributed by atoms with E-state index in [0.717, 1.165) is 0 Å². The highest BCUT2D eigenvalue weighted by molar-refractivity contribution is 5.87. The van der Waals surface area contributed by atoms with Gasteiger partial charge in [0.25, 0.3) is 0 Å². The van der Waals surface area contributed by atoms with E-state index in [0.29, 0.717) is 12.4 Å². The van der Waals surface area contributed by atoms with E-state index in [4.69, 9.17) is 9.84 Å². The fourth-order valence-electron chi connectivity index (χ4n) is 0.994. The lowest BCUT2D eigenvalue weighted by molar-refractivity contribution is 0.0697. The van der Waals surface area contributed by atoms with Crippen molar-refractivity contribution >= 4 is 5.97 Å². The number of rotatable bonds is 3. The first kappa shape index (κ1) is 11.6. The van der Waals surface area contributed by atoms with Gasteiger partial charge in [-0.2, -0.15) is 0 Å². The minimum absolute atomic E-state index is 0.103. The summed E-state index contributed by atoms with van der Waals surface area (Å²) in [4.78, 5) is 10.6. The average Bonchev–Trinajstić information content (AvgIpc) is 2.14. The Labute approximate surface area is 89.7 Å². The molecule has 0 fully saturated rings. The number of carbonyl (C=O) groups is 1. The molecule has 82 valence electrons. The normalized spacial score (nSPS) is 11.1. The highest BCUT2D eigenvalue weighted by atomic mass is 16.5. The standard InChI is InChI=1S/C12H16O3/c1-12(2,3)8-15-10-6-4-9(5-7-10)11(13)14/h4-7H,8H2,1-3H3,(H,13,14). The fourth-order valence-corrected chi connectivity index (χ4v) is 0.994. The molecule has 0 aromatic heterocycles. The van der Waals surface area contributed by atoms with Crippen LogP contribution in [-0.2, 0) is 0 Å². The predicted molar refractivity (Wildman–Crippen MR) is 58.4 cm³/mol. The minimum Gasteiger partial charge on any atom is -0.493 e. The van der Waals surface area contributed by atoms with E-state index in [2.05, 4.69) is 20.8 Å². The lowest BCUT2D eigenvalue weighted by atomic mass is 9.99. The Kier molecular flexibility index (Phi) is 3.35. The van der Waals surface area contributed by atoms with Crippen LogP contribution in [0.2, 0.25) is 0 Å². The topological polar surface area (TPSA) is 46.5 Å². The Morgan fingerprint density at radius 2 is 1.80 bits per heavy atom. The van der Waals surface area contributed by atoms with E-state index in [1.165, 1.54) is 0 Å². The molecular weight excluding hydrogens is 192 g/mol. The number of hydrogen-bond acceptors (Lipinski definition) is 2. The molecule has 0 saturated carbocycles. The molecule has 0 atom stereocenters. The van der Waals surface area contributed by atoms with E-state index < -0.39 is 5.97 Å². The van der Waals surface area contributed by atoms with Crippen LogP contribution in [0.1, 0.15) is 31.1 Å². The third-order valence-corrected chi connectivity index (χ3v) is 1.77. The van der Waals surface area contributed by atoms with E-state index in [-0.39, 0.29) is 11.0 Å². The van der Waals surface area contributed by atoms with Gasteiger partial charge in [-0.15, -0.1) is 0 Å². The van der Waals surface area contributed by atoms with E-state index in [1.54, 1.807) is 24.3 Å². The third kappa shape index (κ3) is 4.02. The predicted octanol–water partition coefficient (Wildman–Crippen LogP) is 2.81. The van der Waals surface area contributed by atoms with Crippen LogP contribution in [-0.4, -0.2) is 17.7 Å². The number of hydrogen-bond donors (Lipinski definition) is 1. The number of aromatic carboxylic acids is 1. The van der Waals surface area contributed by atoms with Crippen LogP contribution < -0.4 is 4.74 Å². The molecule has 3 heteroatoms. The molecular formula is C12H16O3. The molecule has 0 spiro atoms. The summed E-state index contributed by atoms with van der Waals surface area (Å²) in [5.41, 5.74) is 0.379. The zero-order chi connectivity index (χ0) is 11.5. The Morgan fingerprint density at radius 3 is 2.20 bits per heavy atom. The molecule has 0 saturated heterocycles. The summed E-state index contributed by atoms with van der Waals surface area (Å²) in [6.07, 6.45) is 0. The molecule has 0 radical (unpaired) electrons. The van der Waals surface area contributed by atoms with Gasteiger partial charge in [0.15, 0.2) is 0 Å². The molecule has 0 aliphatic heterocycles. The summed E-state index contributed by atoms with van der Waals surface area (Å²) >= 11 is 0. The maximum absolute atomic E-state index is 10.6. The van der Waals surface area contributed by atoms with Crippen LogP contribution in [0.15, 0.2) is 24.3 Å². The molecule has 1 aromatic rings. The fraction of sp³-hybridized carbons (Fsp3) is 0.417. The quantitative estimate of drug-likeness (QED) is 0.830. The summed E-state index contributed by atoms with van der Waals surface area (Å²) in [6, 6.07) is 6.44. The van der Waals surface area contributed by atoms with E-state index in [1.807, 2.05) is 0 Å². The van der Waals surface area contributed by atoms with Crippen LogP contribution in [0, 0.1) is 5.41 Å². The molecule has 0 aliphatic rings. The summed E-state index contributed by atoms with van der Waals surface area (Å²) < 4.78 is 5.51. The minimum atomic E-state index is -0.919. The zero-order valence-electron chi connectivity index (χ0n) is 9.28. The van der Waals surface area contributed by atoms with E-state index in [9.17, 15) is 4.79 Å². The molecule has 0 unspecified atom stereocenters. The maximum Gasteiger partial charge on any atom is 0.335 e. The molecule has 0 heterocycles. The summed E-state index contributed by atoms with van der Waals surface area (Å²) in [7, 11) is 0. The second kappa shape index (κ2) is 4.34. The van der Waals surface area contributed by atoms with Crippen LogP contribution >= 0.6 is 0 Å². The molecule has 1 rings (SSSR count). The summed E-state index contributed by atoms with van der Waals surface area (Å²) in [6.45, 7) is 6.86. The third-order valence-electron chi connectivity index (χ3n) is 1.77. The number of ether oxygens (including phenoxy) is 1. The first-order valence-corrected chi connectivity index (χ1v) is 4.85.